The van der Waals surface area contributed by atoms with E-state index in [9.17, 15) is 4.79 Å². The number of thioether (sulfide) groups is 1. The first-order valence-corrected chi connectivity index (χ1v) is 7.74. The van der Waals surface area contributed by atoms with Crippen LogP contribution < -0.4 is 14.8 Å². The van der Waals surface area contributed by atoms with Gasteiger partial charge in [0.15, 0.2) is 11.5 Å². The summed E-state index contributed by atoms with van der Waals surface area (Å²) in [7, 11) is 3.13. The van der Waals surface area contributed by atoms with Gasteiger partial charge in [-0.2, -0.15) is 11.8 Å². The fourth-order valence-electron chi connectivity index (χ4n) is 1.87. The Morgan fingerprint density at radius 1 is 1.24 bits per heavy atom. The van der Waals surface area contributed by atoms with Crippen LogP contribution in [0.4, 0.5) is 5.82 Å². The van der Waals surface area contributed by atoms with Gasteiger partial charge in [0, 0.05) is 23.6 Å². The molecule has 2 aromatic rings. The van der Waals surface area contributed by atoms with Crippen LogP contribution in [0.15, 0.2) is 18.5 Å². The van der Waals surface area contributed by atoms with Gasteiger partial charge in [-0.05, 0) is 12.3 Å². The minimum atomic E-state index is -0.0702. The molecule has 7 heteroatoms. The van der Waals surface area contributed by atoms with Gasteiger partial charge in [-0.1, -0.05) is 0 Å². The van der Waals surface area contributed by atoms with E-state index in [0.29, 0.717) is 34.6 Å². The van der Waals surface area contributed by atoms with Crippen molar-refractivity contribution >= 4 is 34.4 Å². The number of benzene rings is 1. The second-order valence-corrected chi connectivity index (χ2v) is 5.22. The van der Waals surface area contributed by atoms with Crippen LogP contribution in [0.25, 0.3) is 10.9 Å². The van der Waals surface area contributed by atoms with Gasteiger partial charge in [-0.15, -0.1) is 0 Å². The predicted molar refractivity (Wildman–Crippen MR) is 84.3 cm³/mol. The highest BCUT2D eigenvalue weighted by molar-refractivity contribution is 7.98. The number of anilines is 1. The quantitative estimate of drug-likeness (QED) is 0.883. The average molecular weight is 307 g/mol. The number of carbonyl (C=O) groups excluding carboxylic acids is 1. The number of nitrogens with one attached hydrogen (secondary N) is 1. The molecular weight excluding hydrogens is 290 g/mol. The summed E-state index contributed by atoms with van der Waals surface area (Å²) < 4.78 is 10.5. The van der Waals surface area contributed by atoms with Crippen LogP contribution in [0.3, 0.4) is 0 Å². The molecule has 0 spiro atoms. The fourth-order valence-corrected chi connectivity index (χ4v) is 2.26. The number of hydrogen-bond acceptors (Lipinski definition) is 6. The third-order valence-electron chi connectivity index (χ3n) is 2.93. The van der Waals surface area contributed by atoms with E-state index in [1.54, 1.807) is 38.1 Å². The van der Waals surface area contributed by atoms with Crippen molar-refractivity contribution in [1.29, 1.82) is 0 Å². The minimum Gasteiger partial charge on any atom is -0.493 e. The Labute approximate surface area is 127 Å². The molecule has 0 saturated carbocycles. The molecule has 1 amide bonds. The van der Waals surface area contributed by atoms with Crippen molar-refractivity contribution in [3.63, 3.8) is 0 Å². The van der Waals surface area contributed by atoms with Crippen LogP contribution in [0.5, 0.6) is 11.5 Å². The van der Waals surface area contributed by atoms with Gasteiger partial charge in [0.25, 0.3) is 0 Å². The van der Waals surface area contributed by atoms with Crippen LogP contribution in [-0.4, -0.2) is 42.1 Å². The Kier molecular flexibility index (Phi) is 5.21. The van der Waals surface area contributed by atoms with E-state index in [4.69, 9.17) is 9.47 Å². The largest absolute Gasteiger partial charge is 0.493 e. The molecule has 0 saturated heterocycles. The van der Waals surface area contributed by atoms with Gasteiger partial charge in [0.1, 0.15) is 12.1 Å². The second-order valence-electron chi connectivity index (χ2n) is 4.24. The summed E-state index contributed by atoms with van der Waals surface area (Å²) in [6.07, 6.45) is 3.82. The molecule has 1 aromatic carbocycles. The number of aromatic nitrogens is 2. The van der Waals surface area contributed by atoms with E-state index >= 15 is 0 Å². The Hall–Kier alpha value is -2.02. The summed E-state index contributed by atoms with van der Waals surface area (Å²) in [5, 5.41) is 3.52. The van der Waals surface area contributed by atoms with Gasteiger partial charge in [-0.25, -0.2) is 9.97 Å². The molecule has 0 aliphatic carbocycles. The third-order valence-corrected chi connectivity index (χ3v) is 3.54. The molecule has 0 aliphatic rings. The van der Waals surface area contributed by atoms with E-state index in [-0.39, 0.29) is 5.91 Å². The molecule has 0 radical (unpaired) electrons. The molecule has 0 bridgehead atoms. The van der Waals surface area contributed by atoms with Crippen LogP contribution in [-0.2, 0) is 4.79 Å². The van der Waals surface area contributed by atoms with Gasteiger partial charge in [-0.3, -0.25) is 4.79 Å². The molecule has 1 aromatic heterocycles. The van der Waals surface area contributed by atoms with Crippen molar-refractivity contribution in [2.45, 2.75) is 6.42 Å². The van der Waals surface area contributed by atoms with Crippen molar-refractivity contribution in [3.05, 3.63) is 18.5 Å². The molecular formula is C14H17N3O3S. The Balaban J connectivity index is 2.38. The number of hydrogen-bond donors (Lipinski definition) is 1. The van der Waals surface area contributed by atoms with E-state index < -0.39 is 0 Å². The van der Waals surface area contributed by atoms with E-state index in [2.05, 4.69) is 15.3 Å². The van der Waals surface area contributed by atoms with Crippen molar-refractivity contribution in [2.24, 2.45) is 0 Å². The predicted octanol–water partition coefficient (Wildman–Crippen LogP) is 2.34. The maximum Gasteiger partial charge on any atom is 0.226 e. The summed E-state index contributed by atoms with van der Waals surface area (Å²) in [4.78, 5) is 20.2. The highest BCUT2D eigenvalue weighted by Crippen LogP contribution is 2.33. The molecule has 1 heterocycles. The summed E-state index contributed by atoms with van der Waals surface area (Å²) in [5.74, 6) is 2.33. The molecule has 0 unspecified atom stereocenters. The lowest BCUT2D eigenvalue weighted by atomic mass is 10.2. The minimum absolute atomic E-state index is 0.0702. The van der Waals surface area contributed by atoms with Crippen LogP contribution in [0.2, 0.25) is 0 Å². The second kappa shape index (κ2) is 7.12. The number of carbonyl (C=O) groups is 1. The summed E-state index contributed by atoms with van der Waals surface area (Å²) >= 11 is 1.63. The standard InChI is InChI=1S/C14H17N3O3S/c1-19-11-6-9-10(7-12(11)20-2)15-8-16-14(9)17-13(18)4-5-21-3/h6-8H,4-5H2,1-3H3,(H,15,16,17,18). The Morgan fingerprint density at radius 3 is 2.62 bits per heavy atom. The van der Waals surface area contributed by atoms with Crippen molar-refractivity contribution in [2.75, 3.05) is 31.5 Å². The zero-order valence-electron chi connectivity index (χ0n) is 12.2. The average Bonchev–Trinajstić information content (AvgIpc) is 2.51. The van der Waals surface area contributed by atoms with Crippen LogP contribution >= 0.6 is 11.8 Å². The summed E-state index contributed by atoms with van der Waals surface area (Å²) in [6, 6.07) is 3.52. The molecule has 112 valence electrons. The molecule has 0 atom stereocenters. The smallest absolute Gasteiger partial charge is 0.226 e. The first kappa shape index (κ1) is 15.4. The summed E-state index contributed by atoms with van der Waals surface area (Å²) in [6.45, 7) is 0. The topological polar surface area (TPSA) is 73.3 Å². The number of amides is 1. The number of rotatable bonds is 6. The van der Waals surface area contributed by atoms with E-state index in [1.807, 2.05) is 6.26 Å². The molecule has 2 rings (SSSR count). The third kappa shape index (κ3) is 3.55. The van der Waals surface area contributed by atoms with Gasteiger partial charge in [0.2, 0.25) is 5.91 Å². The molecule has 0 aliphatic heterocycles. The first-order valence-electron chi connectivity index (χ1n) is 6.35. The van der Waals surface area contributed by atoms with Crippen molar-refractivity contribution in [1.82, 2.24) is 9.97 Å². The zero-order valence-corrected chi connectivity index (χ0v) is 13.0. The summed E-state index contributed by atoms with van der Waals surface area (Å²) in [5.41, 5.74) is 0.683. The van der Waals surface area contributed by atoms with Crippen LogP contribution in [0, 0.1) is 0 Å². The normalized spacial score (nSPS) is 10.4. The molecule has 1 N–H and O–H groups in total. The van der Waals surface area contributed by atoms with Crippen LogP contribution in [0.1, 0.15) is 6.42 Å². The van der Waals surface area contributed by atoms with E-state index in [1.165, 1.54) is 6.33 Å². The van der Waals surface area contributed by atoms with Gasteiger partial charge >= 0.3 is 0 Å². The fraction of sp³-hybridized carbons (Fsp3) is 0.357. The molecule has 0 fully saturated rings. The lowest BCUT2D eigenvalue weighted by molar-refractivity contribution is -0.115. The van der Waals surface area contributed by atoms with Gasteiger partial charge in [0.05, 0.1) is 19.7 Å². The first-order chi connectivity index (χ1) is 10.2. The number of fused-ring (bicyclic) bond motifs is 1. The van der Waals surface area contributed by atoms with E-state index in [0.717, 1.165) is 5.75 Å². The molecule has 6 nitrogen and oxygen atoms in total. The Morgan fingerprint density at radius 2 is 1.95 bits per heavy atom. The number of nitrogens with zero attached hydrogens (tertiary/aromatic N) is 2. The Bertz CT molecular complexity index is 649. The number of methoxy groups -OCH3 is 2. The number of ether oxygens (including phenoxy) is 2. The SMILES string of the molecule is COc1cc2ncnc(NC(=O)CCSC)c2cc1OC. The highest BCUT2D eigenvalue weighted by Gasteiger charge is 2.12. The highest BCUT2D eigenvalue weighted by atomic mass is 32.2. The zero-order chi connectivity index (χ0) is 15.2. The monoisotopic (exact) mass is 307 g/mol. The van der Waals surface area contributed by atoms with Crippen molar-refractivity contribution in [3.8, 4) is 11.5 Å². The maximum atomic E-state index is 11.9. The molecule has 21 heavy (non-hydrogen) atoms. The maximum absolute atomic E-state index is 11.9. The van der Waals surface area contributed by atoms with Crippen molar-refractivity contribution < 1.29 is 14.3 Å². The van der Waals surface area contributed by atoms with Gasteiger partial charge < -0.3 is 14.8 Å². The lowest BCUT2D eigenvalue weighted by Gasteiger charge is -2.11. The lowest BCUT2D eigenvalue weighted by Crippen LogP contribution is -2.13.